The van der Waals surface area contributed by atoms with Crippen molar-refractivity contribution in [2.24, 2.45) is 5.92 Å². The van der Waals surface area contributed by atoms with Gasteiger partial charge in [-0.1, -0.05) is 0 Å². The molecule has 3 amide bonds. The average Bonchev–Trinajstić information content (AvgIpc) is 2.74. The molecule has 0 aliphatic carbocycles. The molecule has 0 aromatic carbocycles. The molecule has 0 bridgehead atoms. The molecule has 2 fully saturated rings. The van der Waals surface area contributed by atoms with Crippen LogP contribution in [-0.4, -0.2) is 66.2 Å². The van der Waals surface area contributed by atoms with Crippen molar-refractivity contribution in [1.82, 2.24) is 20.4 Å². The maximum absolute atomic E-state index is 12.9. The van der Waals surface area contributed by atoms with Crippen molar-refractivity contribution >= 4 is 24.1 Å². The lowest BCUT2D eigenvalue weighted by Gasteiger charge is -2.35. The molecular formula is C21H31N5O4. The number of carbonyl (C=O) groups excluding carboxylic acids is 3. The van der Waals surface area contributed by atoms with E-state index in [0.717, 1.165) is 31.2 Å². The Bertz CT molecular complexity index is 759. The highest BCUT2D eigenvalue weighted by atomic mass is 16.6. The zero-order chi connectivity index (χ0) is 21.7. The zero-order valence-electron chi connectivity index (χ0n) is 17.7. The van der Waals surface area contributed by atoms with Crippen molar-refractivity contribution in [2.75, 3.05) is 26.2 Å². The van der Waals surface area contributed by atoms with Gasteiger partial charge in [0.05, 0.1) is 11.7 Å². The van der Waals surface area contributed by atoms with E-state index in [1.807, 2.05) is 13.8 Å². The van der Waals surface area contributed by atoms with Crippen LogP contribution in [0.5, 0.6) is 0 Å². The minimum Gasteiger partial charge on any atom is -0.447 e. The number of hydrogen-bond donors (Lipinski definition) is 3. The Morgan fingerprint density at radius 2 is 1.77 bits per heavy atom. The van der Waals surface area contributed by atoms with Crippen LogP contribution in [0.4, 0.5) is 4.79 Å². The molecule has 0 aromatic rings. The van der Waals surface area contributed by atoms with E-state index in [1.165, 1.54) is 6.08 Å². The minimum absolute atomic E-state index is 0.0613. The summed E-state index contributed by atoms with van der Waals surface area (Å²) in [5, 5.41) is 13.6. The van der Waals surface area contributed by atoms with Gasteiger partial charge in [-0.15, -0.1) is 0 Å². The predicted molar refractivity (Wildman–Crippen MR) is 112 cm³/mol. The van der Waals surface area contributed by atoms with Gasteiger partial charge in [0, 0.05) is 50.1 Å². The Labute approximate surface area is 177 Å². The number of piperidine rings is 2. The van der Waals surface area contributed by atoms with Gasteiger partial charge in [0.15, 0.2) is 0 Å². The number of nitrogens with zero attached hydrogens (tertiary/aromatic N) is 2. The summed E-state index contributed by atoms with van der Waals surface area (Å²) in [6.45, 7) is 6.07. The number of carbonyl (C=O) groups is 3. The Morgan fingerprint density at radius 1 is 1.10 bits per heavy atom. The Hall–Kier alpha value is -2.84. The maximum atomic E-state index is 12.9. The summed E-state index contributed by atoms with van der Waals surface area (Å²) in [6.07, 6.45) is 6.42. The molecule has 2 saturated heterocycles. The van der Waals surface area contributed by atoms with Gasteiger partial charge in [0.2, 0.25) is 0 Å². The van der Waals surface area contributed by atoms with Gasteiger partial charge < -0.3 is 30.6 Å². The van der Waals surface area contributed by atoms with E-state index in [1.54, 1.807) is 9.80 Å². The highest BCUT2D eigenvalue weighted by Gasteiger charge is 2.30. The molecule has 0 atom stereocenters. The summed E-state index contributed by atoms with van der Waals surface area (Å²) in [4.78, 5) is 40.7. The van der Waals surface area contributed by atoms with E-state index in [9.17, 15) is 14.4 Å². The van der Waals surface area contributed by atoms with Gasteiger partial charge in [-0.25, -0.2) is 4.79 Å². The molecule has 30 heavy (non-hydrogen) atoms. The Kier molecular flexibility index (Phi) is 7.12. The molecule has 3 aliphatic heterocycles. The van der Waals surface area contributed by atoms with Crippen LogP contribution in [0.2, 0.25) is 0 Å². The third-order valence-corrected chi connectivity index (χ3v) is 5.62. The van der Waals surface area contributed by atoms with Crippen LogP contribution < -0.4 is 10.6 Å². The van der Waals surface area contributed by atoms with Crippen LogP contribution in [0.15, 0.2) is 23.2 Å². The quantitative estimate of drug-likeness (QED) is 0.476. The van der Waals surface area contributed by atoms with E-state index >= 15 is 0 Å². The van der Waals surface area contributed by atoms with Crippen molar-refractivity contribution in [3.8, 4) is 0 Å². The molecule has 3 heterocycles. The predicted octanol–water partition coefficient (Wildman–Crippen LogP) is 1.72. The highest BCUT2D eigenvalue weighted by Crippen LogP contribution is 2.26. The monoisotopic (exact) mass is 417 g/mol. The van der Waals surface area contributed by atoms with Crippen molar-refractivity contribution in [1.29, 1.82) is 5.41 Å². The maximum Gasteiger partial charge on any atom is 0.410 e. The van der Waals surface area contributed by atoms with Gasteiger partial charge in [0.1, 0.15) is 5.82 Å². The first-order chi connectivity index (χ1) is 14.4. The van der Waals surface area contributed by atoms with Gasteiger partial charge >= 0.3 is 6.09 Å². The molecular weight excluding hydrogens is 386 g/mol. The normalized spacial score (nSPS) is 22.1. The number of ether oxygens (including phenoxy) is 1. The van der Waals surface area contributed by atoms with E-state index in [2.05, 4.69) is 10.6 Å². The number of allylic oxidation sites excluding steroid dienone is 1. The van der Waals surface area contributed by atoms with Crippen LogP contribution in [0.3, 0.4) is 0 Å². The zero-order valence-corrected chi connectivity index (χ0v) is 17.7. The van der Waals surface area contributed by atoms with Crippen LogP contribution >= 0.6 is 0 Å². The number of hydrogen-bond acceptors (Lipinski definition) is 6. The van der Waals surface area contributed by atoms with Crippen molar-refractivity contribution in [2.45, 2.75) is 52.1 Å². The lowest BCUT2D eigenvalue weighted by molar-refractivity contribution is -0.127. The van der Waals surface area contributed by atoms with Crippen LogP contribution in [0, 0.1) is 11.3 Å². The largest absolute Gasteiger partial charge is 0.447 e. The summed E-state index contributed by atoms with van der Waals surface area (Å²) >= 11 is 0. The molecule has 0 aromatic heterocycles. The van der Waals surface area contributed by atoms with Crippen molar-refractivity contribution in [3.05, 3.63) is 23.2 Å². The fourth-order valence-electron chi connectivity index (χ4n) is 4.02. The summed E-state index contributed by atoms with van der Waals surface area (Å²) in [7, 11) is 0. The summed E-state index contributed by atoms with van der Waals surface area (Å²) < 4.78 is 5.25. The van der Waals surface area contributed by atoms with E-state index in [-0.39, 0.29) is 41.3 Å². The summed E-state index contributed by atoms with van der Waals surface area (Å²) in [5.74, 6) is -0.220. The lowest BCUT2D eigenvalue weighted by Crippen LogP contribution is -2.45. The van der Waals surface area contributed by atoms with Gasteiger partial charge in [-0.3, -0.25) is 9.59 Å². The first-order valence-corrected chi connectivity index (χ1v) is 10.7. The molecule has 0 unspecified atom stereocenters. The second-order valence-corrected chi connectivity index (χ2v) is 8.19. The molecule has 3 rings (SSSR count). The average molecular weight is 418 g/mol. The Morgan fingerprint density at radius 3 is 2.37 bits per heavy atom. The summed E-state index contributed by atoms with van der Waals surface area (Å²) in [5.41, 5.74) is 0.880. The molecule has 9 nitrogen and oxygen atoms in total. The fraction of sp³-hybridized carbons (Fsp3) is 0.619. The van der Waals surface area contributed by atoms with Crippen LogP contribution in [0.1, 0.15) is 46.0 Å². The van der Waals surface area contributed by atoms with Gasteiger partial charge in [0.25, 0.3) is 11.8 Å². The number of likely N-dealkylation sites (tertiary alicyclic amines) is 2. The first-order valence-electron chi connectivity index (χ1n) is 10.7. The molecule has 3 N–H and O–H groups in total. The molecule has 3 aliphatic rings. The fourth-order valence-corrected chi connectivity index (χ4v) is 4.02. The number of nitrogens with one attached hydrogen (secondary N) is 3. The van der Waals surface area contributed by atoms with Crippen LogP contribution in [-0.2, 0) is 14.3 Å². The minimum atomic E-state index is -0.314. The molecule has 164 valence electrons. The van der Waals surface area contributed by atoms with Crippen molar-refractivity contribution in [3.63, 3.8) is 0 Å². The molecule has 0 spiro atoms. The van der Waals surface area contributed by atoms with Gasteiger partial charge in [-0.05, 0) is 46.0 Å². The van der Waals surface area contributed by atoms with Crippen LogP contribution in [0.25, 0.3) is 0 Å². The van der Waals surface area contributed by atoms with Crippen molar-refractivity contribution < 1.29 is 19.1 Å². The molecule has 0 saturated carbocycles. The Balaban J connectivity index is 1.68. The second-order valence-electron chi connectivity index (χ2n) is 8.19. The third-order valence-electron chi connectivity index (χ3n) is 5.62. The number of amides is 3. The summed E-state index contributed by atoms with van der Waals surface area (Å²) in [6, 6.07) is 0. The SMILES string of the molecule is CC(C)OC(=O)N1CCC(C2=CC(=O)N/C(=C(/C=N)C(=O)N3CCCCC3)N2)CC1. The first kappa shape index (κ1) is 21.9. The van der Waals surface area contributed by atoms with E-state index in [4.69, 9.17) is 10.1 Å². The second kappa shape index (κ2) is 9.77. The molecule has 0 radical (unpaired) electrons. The number of rotatable bonds is 4. The lowest BCUT2D eigenvalue weighted by atomic mass is 9.92. The smallest absolute Gasteiger partial charge is 0.410 e. The molecule has 9 heteroatoms. The topological polar surface area (TPSA) is 115 Å². The standard InChI is InChI=1S/C21H31N5O4/c1-14(2)30-21(29)26-10-6-15(7-11-26)17-12-18(27)24-19(23-17)16(13-22)20(28)25-8-4-3-5-9-25/h12-15,22-23H,3-11H2,1-2H3,(H,24,27)/b19-16-,22-13?. The van der Waals surface area contributed by atoms with E-state index < -0.39 is 0 Å². The highest BCUT2D eigenvalue weighted by molar-refractivity contribution is 6.12. The van der Waals surface area contributed by atoms with E-state index in [0.29, 0.717) is 39.0 Å². The third kappa shape index (κ3) is 5.20. The van der Waals surface area contributed by atoms with Gasteiger partial charge in [-0.2, -0.15) is 0 Å².